The Kier molecular flexibility index (Phi) is 7.39. The number of amides is 2. The molecular formula is C27H32N4O4. The number of carbonyl (C=O) groups is 2. The van der Waals surface area contributed by atoms with Gasteiger partial charge in [-0.3, -0.25) is 4.79 Å². The highest BCUT2D eigenvalue weighted by Gasteiger charge is 2.37. The number of rotatable bonds is 7. The van der Waals surface area contributed by atoms with Crippen LogP contribution in [-0.2, 0) is 9.53 Å². The molecule has 0 spiro atoms. The number of benzene rings is 2. The van der Waals surface area contributed by atoms with Crippen molar-refractivity contribution in [1.82, 2.24) is 20.2 Å². The van der Waals surface area contributed by atoms with E-state index in [0.717, 1.165) is 46.8 Å². The average Bonchev–Trinajstić information content (AvgIpc) is 3.56. The summed E-state index contributed by atoms with van der Waals surface area (Å²) in [5, 5.41) is 2.68. The van der Waals surface area contributed by atoms with Crippen molar-refractivity contribution < 1.29 is 19.1 Å². The summed E-state index contributed by atoms with van der Waals surface area (Å²) >= 11 is 0. The lowest BCUT2D eigenvalue weighted by Gasteiger charge is -2.30. The highest BCUT2D eigenvalue weighted by molar-refractivity contribution is 5.86. The van der Waals surface area contributed by atoms with Gasteiger partial charge in [-0.1, -0.05) is 50.2 Å². The maximum absolute atomic E-state index is 13.3. The van der Waals surface area contributed by atoms with Crippen molar-refractivity contribution in [3.05, 3.63) is 60.6 Å². The van der Waals surface area contributed by atoms with E-state index in [4.69, 9.17) is 9.47 Å². The molecule has 8 heteroatoms. The van der Waals surface area contributed by atoms with Crippen LogP contribution in [0.25, 0.3) is 22.4 Å². The molecule has 0 unspecified atom stereocenters. The third-order valence-corrected chi connectivity index (χ3v) is 6.46. The summed E-state index contributed by atoms with van der Waals surface area (Å²) in [6.07, 6.45) is 2.90. The van der Waals surface area contributed by atoms with Gasteiger partial charge in [0, 0.05) is 6.54 Å². The van der Waals surface area contributed by atoms with Gasteiger partial charge in [0.15, 0.2) is 0 Å². The smallest absolute Gasteiger partial charge is 0.407 e. The minimum atomic E-state index is -0.650. The van der Waals surface area contributed by atoms with Gasteiger partial charge >= 0.3 is 6.09 Å². The van der Waals surface area contributed by atoms with Crippen molar-refractivity contribution in [2.75, 3.05) is 20.8 Å². The number of hydrogen-bond acceptors (Lipinski definition) is 5. The molecule has 2 amide bonds. The number of ether oxygens (including phenoxy) is 2. The molecule has 4 rings (SSSR count). The fraction of sp³-hybridized carbons (Fsp3) is 0.370. The number of alkyl carbamates (subject to hydrolysis) is 1. The van der Waals surface area contributed by atoms with Gasteiger partial charge in [0.1, 0.15) is 17.6 Å². The summed E-state index contributed by atoms with van der Waals surface area (Å²) < 4.78 is 9.95. The Bertz CT molecular complexity index is 1150. The molecule has 0 saturated carbocycles. The fourth-order valence-electron chi connectivity index (χ4n) is 4.47. The molecule has 1 fully saturated rings. The summed E-state index contributed by atoms with van der Waals surface area (Å²) in [6.45, 7) is 4.44. The molecule has 0 aliphatic carbocycles. The van der Waals surface area contributed by atoms with Gasteiger partial charge in [0.25, 0.3) is 0 Å². The lowest BCUT2D eigenvalue weighted by atomic mass is 10.0. The summed E-state index contributed by atoms with van der Waals surface area (Å²) in [4.78, 5) is 34.9. The molecule has 1 aliphatic rings. The van der Waals surface area contributed by atoms with E-state index in [1.807, 2.05) is 49.2 Å². The maximum Gasteiger partial charge on any atom is 0.407 e. The van der Waals surface area contributed by atoms with Crippen LogP contribution in [0.4, 0.5) is 4.79 Å². The summed E-state index contributed by atoms with van der Waals surface area (Å²) in [6, 6.07) is 15.4. The van der Waals surface area contributed by atoms with Crippen LogP contribution in [0.1, 0.15) is 38.6 Å². The molecule has 8 nitrogen and oxygen atoms in total. The van der Waals surface area contributed by atoms with Gasteiger partial charge in [-0.2, -0.15) is 0 Å². The van der Waals surface area contributed by atoms with Crippen LogP contribution in [0, 0.1) is 5.92 Å². The summed E-state index contributed by atoms with van der Waals surface area (Å²) in [7, 11) is 2.95. The van der Waals surface area contributed by atoms with Crippen LogP contribution < -0.4 is 10.1 Å². The first-order valence-electron chi connectivity index (χ1n) is 11.9. The Morgan fingerprint density at radius 2 is 1.66 bits per heavy atom. The standard InChI is InChI=1S/C27H32N4O4/c1-17(2)24(30-27(33)35-4)26(32)31-15-5-6-23(31)25-28-16-22(29-25)20-9-7-18(8-10-20)19-11-13-21(34-3)14-12-19/h7-14,16-17,23-24H,5-6,15H2,1-4H3,(H,28,29)(H,30,33)/t23-,24+/m1/s1. The van der Waals surface area contributed by atoms with Crippen molar-refractivity contribution >= 4 is 12.0 Å². The van der Waals surface area contributed by atoms with Crippen LogP contribution in [0.2, 0.25) is 0 Å². The Labute approximate surface area is 205 Å². The zero-order valence-electron chi connectivity index (χ0n) is 20.6. The third-order valence-electron chi connectivity index (χ3n) is 6.46. The van der Waals surface area contributed by atoms with E-state index in [0.29, 0.717) is 6.54 Å². The van der Waals surface area contributed by atoms with Crippen molar-refractivity contribution in [2.45, 2.75) is 38.8 Å². The van der Waals surface area contributed by atoms with E-state index < -0.39 is 12.1 Å². The second-order valence-corrected chi connectivity index (χ2v) is 9.04. The predicted molar refractivity (Wildman–Crippen MR) is 134 cm³/mol. The maximum atomic E-state index is 13.3. The summed E-state index contributed by atoms with van der Waals surface area (Å²) in [5.41, 5.74) is 4.14. The predicted octanol–water partition coefficient (Wildman–Crippen LogP) is 4.80. The molecule has 184 valence electrons. The Balaban J connectivity index is 1.50. The number of likely N-dealkylation sites (tertiary alicyclic amines) is 1. The fourth-order valence-corrected chi connectivity index (χ4v) is 4.47. The zero-order chi connectivity index (χ0) is 24.9. The quantitative estimate of drug-likeness (QED) is 0.511. The first-order chi connectivity index (χ1) is 16.9. The van der Waals surface area contributed by atoms with Crippen LogP contribution in [0.3, 0.4) is 0 Å². The number of carbonyl (C=O) groups excluding carboxylic acids is 2. The zero-order valence-corrected chi connectivity index (χ0v) is 20.6. The topological polar surface area (TPSA) is 96.6 Å². The molecular weight excluding hydrogens is 444 g/mol. The largest absolute Gasteiger partial charge is 0.497 e. The van der Waals surface area contributed by atoms with E-state index in [-0.39, 0.29) is 17.9 Å². The van der Waals surface area contributed by atoms with Gasteiger partial charge < -0.3 is 24.7 Å². The monoisotopic (exact) mass is 476 g/mol. The SMILES string of the molecule is COC(=O)N[C@H](C(=O)N1CCC[C@@H]1c1ncc(-c2ccc(-c3ccc(OC)cc3)cc2)[nH]1)C(C)C. The molecule has 3 aromatic rings. The number of nitrogens with zero attached hydrogens (tertiary/aromatic N) is 2. The Hall–Kier alpha value is -3.81. The molecule has 1 saturated heterocycles. The number of imidazole rings is 1. The molecule has 35 heavy (non-hydrogen) atoms. The minimum absolute atomic E-state index is 0.0702. The Morgan fingerprint density at radius 3 is 2.26 bits per heavy atom. The highest BCUT2D eigenvalue weighted by atomic mass is 16.5. The third kappa shape index (κ3) is 5.31. The van der Waals surface area contributed by atoms with Gasteiger partial charge in [-0.05, 0) is 47.6 Å². The van der Waals surface area contributed by atoms with Crippen molar-refractivity contribution in [2.24, 2.45) is 5.92 Å². The molecule has 0 bridgehead atoms. The second-order valence-electron chi connectivity index (χ2n) is 9.04. The second kappa shape index (κ2) is 10.6. The molecule has 2 heterocycles. The number of aromatic amines is 1. The molecule has 1 aromatic heterocycles. The molecule has 2 N–H and O–H groups in total. The minimum Gasteiger partial charge on any atom is -0.497 e. The van der Waals surface area contributed by atoms with E-state index in [1.165, 1.54) is 7.11 Å². The Morgan fingerprint density at radius 1 is 1.03 bits per heavy atom. The van der Waals surface area contributed by atoms with E-state index in [2.05, 4.69) is 39.6 Å². The van der Waals surface area contributed by atoms with Crippen molar-refractivity contribution in [3.8, 4) is 28.1 Å². The number of nitrogens with one attached hydrogen (secondary N) is 2. The number of aromatic nitrogens is 2. The van der Waals surface area contributed by atoms with Gasteiger partial charge in [-0.25, -0.2) is 9.78 Å². The van der Waals surface area contributed by atoms with Gasteiger partial charge in [-0.15, -0.1) is 0 Å². The van der Waals surface area contributed by atoms with E-state index in [1.54, 1.807) is 7.11 Å². The molecule has 2 atom stereocenters. The lowest BCUT2D eigenvalue weighted by molar-refractivity contribution is -0.135. The van der Waals surface area contributed by atoms with Crippen LogP contribution >= 0.6 is 0 Å². The van der Waals surface area contributed by atoms with Crippen LogP contribution in [-0.4, -0.2) is 53.7 Å². The molecule has 0 radical (unpaired) electrons. The molecule has 2 aromatic carbocycles. The highest BCUT2D eigenvalue weighted by Crippen LogP contribution is 2.33. The lowest BCUT2D eigenvalue weighted by Crippen LogP contribution is -2.51. The van der Waals surface area contributed by atoms with Gasteiger partial charge in [0.05, 0.1) is 32.2 Å². The first-order valence-corrected chi connectivity index (χ1v) is 11.9. The normalized spacial score (nSPS) is 16.3. The average molecular weight is 477 g/mol. The van der Waals surface area contributed by atoms with E-state index >= 15 is 0 Å². The first kappa shape index (κ1) is 24.3. The van der Waals surface area contributed by atoms with E-state index in [9.17, 15) is 9.59 Å². The van der Waals surface area contributed by atoms with Crippen molar-refractivity contribution in [3.63, 3.8) is 0 Å². The molecule has 1 aliphatic heterocycles. The van der Waals surface area contributed by atoms with Crippen LogP contribution in [0.5, 0.6) is 5.75 Å². The number of H-pyrrole nitrogens is 1. The van der Waals surface area contributed by atoms with Gasteiger partial charge in [0.2, 0.25) is 5.91 Å². The van der Waals surface area contributed by atoms with Crippen molar-refractivity contribution in [1.29, 1.82) is 0 Å². The number of methoxy groups -OCH3 is 2. The summed E-state index contributed by atoms with van der Waals surface area (Å²) in [5.74, 6) is 1.40. The van der Waals surface area contributed by atoms with Crippen LogP contribution in [0.15, 0.2) is 54.7 Å². The number of hydrogen-bond donors (Lipinski definition) is 2.